The van der Waals surface area contributed by atoms with E-state index in [0.717, 1.165) is 29.6 Å². The van der Waals surface area contributed by atoms with Gasteiger partial charge < -0.3 is 38.8 Å². The van der Waals surface area contributed by atoms with Crippen molar-refractivity contribution in [2.75, 3.05) is 0 Å². The summed E-state index contributed by atoms with van der Waals surface area (Å²) in [4.78, 5) is 27.8. The van der Waals surface area contributed by atoms with E-state index in [2.05, 4.69) is 26.1 Å². The second-order valence-corrected chi connectivity index (χ2v) is 17.5. The lowest BCUT2D eigenvalue weighted by molar-refractivity contribution is -0.187. The SMILES string of the molecule is CC1=C2[C@H]3OC(C)(C)O[C@@H]3[C@]3(C)CC[C@H]4O[C@H]4[C@H]3[C@@H]3O[C@H](c4ccccc4)O[C@@]3(C[C@@H]1OC(=O)[C@H](O)[C@@H](NC(=O)c1ccccc1)c1ccccc1)C2(C)C. The number of epoxide rings is 1. The number of benzene rings is 3. The molecule has 1 spiro atoms. The number of carbonyl (C=O) groups excluding carboxylic acids is 2. The van der Waals surface area contributed by atoms with Crippen LogP contribution in [-0.2, 0) is 33.2 Å². The van der Waals surface area contributed by atoms with E-state index in [4.69, 9.17) is 28.4 Å². The van der Waals surface area contributed by atoms with Crippen LogP contribution in [0.2, 0.25) is 0 Å². The maximum absolute atomic E-state index is 14.4. The van der Waals surface area contributed by atoms with Gasteiger partial charge in [-0.3, -0.25) is 4.79 Å². The molecule has 0 radical (unpaired) electrons. The maximum Gasteiger partial charge on any atom is 0.338 e. The predicted octanol–water partition coefficient (Wildman–Crippen LogP) is 6.75. The van der Waals surface area contributed by atoms with Gasteiger partial charge in [-0.2, -0.15) is 0 Å². The number of esters is 1. The molecule has 3 aliphatic carbocycles. The van der Waals surface area contributed by atoms with Crippen molar-refractivity contribution in [3.63, 3.8) is 0 Å². The number of amides is 1. The molecule has 5 fully saturated rings. The van der Waals surface area contributed by atoms with Crippen molar-refractivity contribution >= 4 is 11.9 Å². The van der Waals surface area contributed by atoms with E-state index in [1.165, 1.54) is 0 Å². The molecule has 2 saturated carbocycles. The lowest BCUT2D eigenvalue weighted by Gasteiger charge is -2.60. The smallest absolute Gasteiger partial charge is 0.338 e. The minimum absolute atomic E-state index is 0.0428. The average Bonchev–Trinajstić information content (AvgIpc) is 3.75. The van der Waals surface area contributed by atoms with Gasteiger partial charge in [-0.1, -0.05) is 99.6 Å². The number of carbonyl (C=O) groups is 2. The van der Waals surface area contributed by atoms with Crippen molar-refractivity contribution in [2.24, 2.45) is 16.7 Å². The summed E-state index contributed by atoms with van der Waals surface area (Å²) in [5.74, 6) is -2.27. The summed E-state index contributed by atoms with van der Waals surface area (Å²) in [6.45, 7) is 12.6. The Labute approximate surface area is 322 Å². The first-order valence-electron chi connectivity index (χ1n) is 19.6. The second-order valence-electron chi connectivity index (χ2n) is 17.5. The van der Waals surface area contributed by atoms with Crippen LogP contribution in [0.15, 0.2) is 102 Å². The number of fused-ring (bicyclic) bond motifs is 8. The molecule has 55 heavy (non-hydrogen) atoms. The third-order valence-electron chi connectivity index (χ3n) is 13.6. The van der Waals surface area contributed by atoms with E-state index in [9.17, 15) is 14.7 Å². The van der Waals surface area contributed by atoms with E-state index in [1.807, 2.05) is 63.2 Å². The first-order chi connectivity index (χ1) is 26.2. The second kappa shape index (κ2) is 13.1. The molecule has 6 aliphatic rings. The van der Waals surface area contributed by atoms with Gasteiger partial charge in [0.2, 0.25) is 0 Å². The molecule has 290 valence electrons. The van der Waals surface area contributed by atoms with Crippen LogP contribution in [0.25, 0.3) is 0 Å². The highest BCUT2D eigenvalue weighted by Crippen LogP contribution is 2.69. The molecule has 3 heterocycles. The molecule has 9 rings (SSSR count). The molecule has 12 atom stereocenters. The number of aliphatic hydroxyl groups excluding tert-OH is 1. The summed E-state index contributed by atoms with van der Waals surface area (Å²) in [6.07, 6.45) is -2.32. The van der Waals surface area contributed by atoms with Crippen molar-refractivity contribution in [3.05, 3.63) is 119 Å². The van der Waals surface area contributed by atoms with Gasteiger partial charge in [0.05, 0.1) is 30.5 Å². The number of nitrogens with one attached hydrogen (secondary N) is 1. The first kappa shape index (κ1) is 36.7. The summed E-state index contributed by atoms with van der Waals surface area (Å²) < 4.78 is 41.3. The molecule has 3 aromatic carbocycles. The van der Waals surface area contributed by atoms with Gasteiger partial charge in [0, 0.05) is 34.3 Å². The zero-order chi connectivity index (χ0) is 38.5. The molecule has 10 nitrogen and oxygen atoms in total. The molecule has 0 aromatic heterocycles. The normalized spacial score (nSPS) is 37.5. The van der Waals surface area contributed by atoms with Crippen LogP contribution in [0.5, 0.6) is 0 Å². The molecule has 0 unspecified atom stereocenters. The molecule has 2 bridgehead atoms. The maximum atomic E-state index is 14.4. The average molecular weight is 750 g/mol. The Balaban J connectivity index is 1.13. The Hall–Kier alpha value is -3.90. The van der Waals surface area contributed by atoms with E-state index in [-0.39, 0.29) is 36.1 Å². The van der Waals surface area contributed by atoms with E-state index in [1.54, 1.807) is 48.5 Å². The third-order valence-corrected chi connectivity index (χ3v) is 13.6. The van der Waals surface area contributed by atoms with Gasteiger partial charge in [-0.05, 0) is 62.5 Å². The summed E-state index contributed by atoms with van der Waals surface area (Å²) in [5, 5.41) is 14.7. The van der Waals surface area contributed by atoms with Gasteiger partial charge in [0.1, 0.15) is 17.8 Å². The number of ether oxygens (including phenoxy) is 6. The van der Waals surface area contributed by atoms with Crippen LogP contribution in [0, 0.1) is 16.7 Å². The topological polar surface area (TPSA) is 125 Å². The van der Waals surface area contributed by atoms with Gasteiger partial charge in [0.15, 0.2) is 18.2 Å². The monoisotopic (exact) mass is 749 g/mol. The van der Waals surface area contributed by atoms with Crippen molar-refractivity contribution in [3.8, 4) is 0 Å². The lowest BCUT2D eigenvalue weighted by atomic mass is 9.48. The van der Waals surface area contributed by atoms with Gasteiger partial charge in [0.25, 0.3) is 5.91 Å². The summed E-state index contributed by atoms with van der Waals surface area (Å²) in [6, 6.07) is 26.6. The zero-order valence-electron chi connectivity index (χ0n) is 32.3. The van der Waals surface area contributed by atoms with Crippen LogP contribution in [0.4, 0.5) is 0 Å². The van der Waals surface area contributed by atoms with E-state index in [0.29, 0.717) is 11.1 Å². The van der Waals surface area contributed by atoms with Gasteiger partial charge in [-0.25, -0.2) is 4.79 Å². The Morgan fingerprint density at radius 2 is 1.49 bits per heavy atom. The lowest BCUT2D eigenvalue weighted by Crippen LogP contribution is -2.68. The molecule has 1 amide bonds. The molecular formula is C45H51NO9. The van der Waals surface area contributed by atoms with Gasteiger partial charge in [-0.15, -0.1) is 0 Å². The number of hydrogen-bond donors (Lipinski definition) is 2. The Bertz CT molecular complexity index is 1980. The summed E-state index contributed by atoms with van der Waals surface area (Å²) in [5.41, 5.74) is 1.59. The van der Waals surface area contributed by atoms with Gasteiger partial charge >= 0.3 is 5.97 Å². The van der Waals surface area contributed by atoms with Crippen molar-refractivity contribution in [1.29, 1.82) is 0 Å². The first-order valence-corrected chi connectivity index (χ1v) is 19.6. The molecule has 3 saturated heterocycles. The Morgan fingerprint density at radius 3 is 2.18 bits per heavy atom. The van der Waals surface area contributed by atoms with E-state index >= 15 is 0 Å². The van der Waals surface area contributed by atoms with Crippen molar-refractivity contribution in [2.45, 2.75) is 127 Å². The predicted molar refractivity (Wildman–Crippen MR) is 201 cm³/mol. The zero-order valence-corrected chi connectivity index (χ0v) is 32.3. The fourth-order valence-corrected chi connectivity index (χ4v) is 10.8. The van der Waals surface area contributed by atoms with Crippen LogP contribution in [0.3, 0.4) is 0 Å². The quantitative estimate of drug-likeness (QED) is 0.153. The van der Waals surface area contributed by atoms with E-state index < -0.39 is 65.4 Å². The third kappa shape index (κ3) is 5.82. The largest absolute Gasteiger partial charge is 0.456 e. The summed E-state index contributed by atoms with van der Waals surface area (Å²) in [7, 11) is 0. The minimum atomic E-state index is -1.72. The molecular weight excluding hydrogens is 698 g/mol. The fraction of sp³-hybridized carbons (Fsp3) is 0.511. The van der Waals surface area contributed by atoms with Crippen LogP contribution in [-0.4, -0.2) is 71.1 Å². The number of aliphatic hydroxyl groups is 1. The highest BCUT2D eigenvalue weighted by atomic mass is 16.8. The minimum Gasteiger partial charge on any atom is -0.456 e. The number of hydrogen-bond acceptors (Lipinski definition) is 9. The standard InChI is InChI=1S/C45H51NO9/c1-25-30(51-40(49)34(47)33(26-16-10-7-11-17-26)46-39(48)27-18-12-8-13-19-27)24-45-37(52-41(55-45)28-20-14-9-15-21-28)32-35-29(50-35)22-23-44(32,6)38-36(31(25)42(45,2)3)53-43(4,5)54-38/h7-21,29-30,32-38,41,47H,22-24H2,1-6H3,(H,46,48)/t29-,30+,32+,33+,34-,35-,36-,37+,38+,41+,44-,45-/m1/s1. The Morgan fingerprint density at radius 1 is 0.836 bits per heavy atom. The molecule has 10 heteroatoms. The van der Waals surface area contributed by atoms with Crippen LogP contribution < -0.4 is 5.32 Å². The molecule has 2 N–H and O–H groups in total. The molecule has 3 aliphatic heterocycles. The van der Waals surface area contributed by atoms with Crippen LogP contribution >= 0.6 is 0 Å². The highest BCUT2D eigenvalue weighted by Gasteiger charge is 2.76. The van der Waals surface area contributed by atoms with Crippen molar-refractivity contribution < 1.29 is 43.1 Å². The highest BCUT2D eigenvalue weighted by molar-refractivity contribution is 5.95. The fourth-order valence-electron chi connectivity index (χ4n) is 10.8. The number of rotatable bonds is 7. The summed E-state index contributed by atoms with van der Waals surface area (Å²) >= 11 is 0. The van der Waals surface area contributed by atoms with Crippen molar-refractivity contribution in [1.82, 2.24) is 5.32 Å². The Kier molecular flexibility index (Phi) is 8.73. The molecule has 3 aromatic rings. The van der Waals surface area contributed by atoms with Crippen LogP contribution in [0.1, 0.15) is 94.6 Å².